The van der Waals surface area contributed by atoms with E-state index in [1.165, 1.54) is 4.88 Å². The van der Waals surface area contributed by atoms with Crippen molar-refractivity contribution in [2.24, 2.45) is 7.05 Å². The molecule has 2 heterocycles. The van der Waals surface area contributed by atoms with Crippen molar-refractivity contribution in [1.29, 1.82) is 0 Å². The van der Waals surface area contributed by atoms with E-state index in [0.717, 1.165) is 11.4 Å². The number of hydrogen-bond acceptors (Lipinski definition) is 4. The van der Waals surface area contributed by atoms with Crippen LogP contribution in [0.1, 0.15) is 32.7 Å². The van der Waals surface area contributed by atoms with Crippen molar-refractivity contribution in [2.75, 3.05) is 20.6 Å². The summed E-state index contributed by atoms with van der Waals surface area (Å²) >= 11 is 1.71. The van der Waals surface area contributed by atoms with Gasteiger partial charge in [-0.25, -0.2) is 0 Å². The zero-order valence-electron chi connectivity index (χ0n) is 13.2. The Kier molecular flexibility index (Phi) is 4.80. The van der Waals surface area contributed by atoms with Gasteiger partial charge in [-0.15, -0.1) is 11.3 Å². The van der Waals surface area contributed by atoms with Crippen molar-refractivity contribution in [3.63, 3.8) is 0 Å². The highest BCUT2D eigenvalue weighted by Gasteiger charge is 2.20. The van der Waals surface area contributed by atoms with Crippen LogP contribution in [0.3, 0.4) is 0 Å². The number of nitrogens with one attached hydrogen (secondary N) is 1. The summed E-state index contributed by atoms with van der Waals surface area (Å²) in [5.41, 5.74) is 2.34. The SMILES string of the molecule is Cc1nn(C)c(C)c1C(=O)NCC(c1cccs1)N(C)C. The molecule has 0 saturated heterocycles. The Balaban J connectivity index is 2.09. The minimum Gasteiger partial charge on any atom is -0.350 e. The fourth-order valence-corrected chi connectivity index (χ4v) is 3.32. The van der Waals surface area contributed by atoms with Crippen LogP contribution in [0.15, 0.2) is 17.5 Å². The Morgan fingerprint density at radius 1 is 1.48 bits per heavy atom. The monoisotopic (exact) mass is 306 g/mol. The molecular weight excluding hydrogens is 284 g/mol. The van der Waals surface area contributed by atoms with Crippen LogP contribution >= 0.6 is 11.3 Å². The van der Waals surface area contributed by atoms with Gasteiger partial charge >= 0.3 is 0 Å². The van der Waals surface area contributed by atoms with Gasteiger partial charge in [-0.3, -0.25) is 9.48 Å². The molecule has 6 heteroatoms. The summed E-state index contributed by atoms with van der Waals surface area (Å²) in [5, 5.41) is 9.39. The standard InChI is InChI=1S/C15H22N4OS/c1-10-14(11(2)19(5)17-10)15(20)16-9-12(18(3)4)13-7-6-8-21-13/h6-8,12H,9H2,1-5H3,(H,16,20). The second-order valence-corrected chi connectivity index (χ2v) is 6.35. The molecule has 0 saturated carbocycles. The van der Waals surface area contributed by atoms with E-state index in [-0.39, 0.29) is 11.9 Å². The van der Waals surface area contributed by atoms with E-state index in [4.69, 9.17) is 0 Å². The highest BCUT2D eigenvalue weighted by Crippen LogP contribution is 2.22. The second-order valence-electron chi connectivity index (χ2n) is 5.37. The summed E-state index contributed by atoms with van der Waals surface area (Å²) < 4.78 is 1.74. The van der Waals surface area contributed by atoms with Crippen LogP contribution in [0.2, 0.25) is 0 Å². The summed E-state index contributed by atoms with van der Waals surface area (Å²) in [5.74, 6) is -0.0542. The summed E-state index contributed by atoms with van der Waals surface area (Å²) in [6.45, 7) is 4.36. The zero-order chi connectivity index (χ0) is 15.6. The molecule has 2 aromatic rings. The third-order valence-electron chi connectivity index (χ3n) is 3.69. The minimum atomic E-state index is -0.0542. The first kappa shape index (κ1) is 15.7. The van der Waals surface area contributed by atoms with Gasteiger partial charge in [-0.05, 0) is 39.4 Å². The van der Waals surface area contributed by atoms with Crippen LogP contribution in [0.4, 0.5) is 0 Å². The Labute approximate surface area is 129 Å². The summed E-state index contributed by atoms with van der Waals surface area (Å²) in [7, 11) is 5.90. The van der Waals surface area contributed by atoms with Crippen molar-refractivity contribution >= 4 is 17.2 Å². The van der Waals surface area contributed by atoms with Crippen molar-refractivity contribution in [3.05, 3.63) is 39.3 Å². The van der Waals surface area contributed by atoms with Gasteiger partial charge in [-0.2, -0.15) is 5.10 Å². The van der Waals surface area contributed by atoms with E-state index in [0.29, 0.717) is 12.1 Å². The fourth-order valence-electron chi connectivity index (χ4n) is 2.40. The fraction of sp³-hybridized carbons (Fsp3) is 0.467. The maximum Gasteiger partial charge on any atom is 0.255 e. The smallest absolute Gasteiger partial charge is 0.255 e. The molecule has 1 unspecified atom stereocenters. The molecule has 114 valence electrons. The first-order chi connectivity index (χ1) is 9.91. The van der Waals surface area contributed by atoms with E-state index in [1.807, 2.05) is 41.1 Å². The van der Waals surface area contributed by atoms with E-state index >= 15 is 0 Å². The van der Waals surface area contributed by atoms with Gasteiger partial charge in [0.15, 0.2) is 0 Å². The number of aryl methyl sites for hydroxylation is 2. The third kappa shape index (κ3) is 3.33. The maximum absolute atomic E-state index is 12.4. The molecule has 1 N–H and O–H groups in total. The van der Waals surface area contributed by atoms with E-state index in [2.05, 4.69) is 26.8 Å². The summed E-state index contributed by atoms with van der Waals surface area (Å²) in [4.78, 5) is 15.8. The van der Waals surface area contributed by atoms with Crippen LogP contribution in [0.5, 0.6) is 0 Å². The molecular formula is C15H22N4OS. The topological polar surface area (TPSA) is 50.2 Å². The summed E-state index contributed by atoms with van der Waals surface area (Å²) in [6.07, 6.45) is 0. The molecule has 2 aromatic heterocycles. The average molecular weight is 306 g/mol. The molecule has 21 heavy (non-hydrogen) atoms. The van der Waals surface area contributed by atoms with Gasteiger partial charge in [0, 0.05) is 24.2 Å². The molecule has 0 aliphatic carbocycles. The van der Waals surface area contributed by atoms with Crippen molar-refractivity contribution in [3.8, 4) is 0 Å². The highest BCUT2D eigenvalue weighted by molar-refractivity contribution is 7.10. The van der Waals surface area contributed by atoms with Crippen LogP contribution < -0.4 is 5.32 Å². The van der Waals surface area contributed by atoms with Crippen LogP contribution in [0, 0.1) is 13.8 Å². The molecule has 0 bridgehead atoms. The minimum absolute atomic E-state index is 0.0542. The van der Waals surface area contributed by atoms with Crippen LogP contribution in [-0.4, -0.2) is 41.2 Å². The lowest BCUT2D eigenvalue weighted by Crippen LogP contribution is -2.34. The number of thiophene rings is 1. The first-order valence-corrected chi connectivity index (χ1v) is 7.78. The Morgan fingerprint density at radius 2 is 2.19 bits per heavy atom. The molecule has 5 nitrogen and oxygen atoms in total. The first-order valence-electron chi connectivity index (χ1n) is 6.90. The molecule has 0 aliphatic rings. The molecule has 1 atom stereocenters. The summed E-state index contributed by atoms with van der Waals surface area (Å²) in [6, 6.07) is 4.32. The molecule has 0 fully saturated rings. The third-order valence-corrected chi connectivity index (χ3v) is 4.66. The average Bonchev–Trinajstić information content (AvgIpc) is 2.99. The highest BCUT2D eigenvalue weighted by atomic mass is 32.1. The molecule has 0 aliphatic heterocycles. The predicted octanol–water partition coefficient (Wildman–Crippen LogP) is 2.13. The van der Waals surface area contributed by atoms with Crippen molar-refractivity contribution in [2.45, 2.75) is 19.9 Å². The zero-order valence-corrected chi connectivity index (χ0v) is 14.0. The van der Waals surface area contributed by atoms with Gasteiger partial charge in [0.1, 0.15) is 0 Å². The second kappa shape index (κ2) is 6.41. The number of rotatable bonds is 5. The number of carbonyl (C=O) groups excluding carboxylic acids is 1. The number of hydrogen-bond donors (Lipinski definition) is 1. The number of amides is 1. The number of carbonyl (C=O) groups is 1. The maximum atomic E-state index is 12.4. The van der Waals surface area contributed by atoms with E-state index < -0.39 is 0 Å². The quantitative estimate of drug-likeness (QED) is 0.920. The van der Waals surface area contributed by atoms with E-state index in [9.17, 15) is 4.79 Å². The normalized spacial score (nSPS) is 12.7. The molecule has 1 amide bonds. The Bertz CT molecular complexity index is 616. The largest absolute Gasteiger partial charge is 0.350 e. The Morgan fingerprint density at radius 3 is 2.67 bits per heavy atom. The number of nitrogens with zero attached hydrogens (tertiary/aromatic N) is 3. The van der Waals surface area contributed by atoms with Crippen molar-refractivity contribution < 1.29 is 4.79 Å². The van der Waals surface area contributed by atoms with Crippen LogP contribution in [0.25, 0.3) is 0 Å². The molecule has 0 aromatic carbocycles. The van der Waals surface area contributed by atoms with Crippen LogP contribution in [-0.2, 0) is 7.05 Å². The van der Waals surface area contributed by atoms with Gasteiger partial charge in [0.2, 0.25) is 0 Å². The van der Waals surface area contributed by atoms with E-state index in [1.54, 1.807) is 16.0 Å². The van der Waals surface area contributed by atoms with Gasteiger partial charge in [0.25, 0.3) is 5.91 Å². The lowest BCUT2D eigenvalue weighted by molar-refractivity contribution is 0.0941. The molecule has 0 radical (unpaired) electrons. The van der Waals surface area contributed by atoms with Crippen molar-refractivity contribution in [1.82, 2.24) is 20.0 Å². The lowest BCUT2D eigenvalue weighted by atomic mass is 10.1. The number of likely N-dealkylation sites (N-methyl/N-ethyl adjacent to an activating group) is 1. The number of aromatic nitrogens is 2. The lowest BCUT2D eigenvalue weighted by Gasteiger charge is -2.23. The Hall–Kier alpha value is -1.66. The molecule has 0 spiro atoms. The molecule has 2 rings (SSSR count). The predicted molar refractivity (Wildman–Crippen MR) is 85.8 cm³/mol. The van der Waals surface area contributed by atoms with Gasteiger partial charge in [-0.1, -0.05) is 6.07 Å². The van der Waals surface area contributed by atoms with Gasteiger partial charge in [0.05, 0.1) is 17.3 Å². The van der Waals surface area contributed by atoms with Gasteiger partial charge < -0.3 is 10.2 Å².